The van der Waals surface area contributed by atoms with Crippen LogP contribution in [-0.4, -0.2) is 45.9 Å². The summed E-state index contributed by atoms with van der Waals surface area (Å²) in [6.07, 6.45) is 0. The summed E-state index contributed by atoms with van der Waals surface area (Å²) >= 11 is 0. The van der Waals surface area contributed by atoms with Gasteiger partial charge in [0.05, 0.1) is 0 Å². The molecule has 0 aromatic heterocycles. The van der Waals surface area contributed by atoms with Gasteiger partial charge in [-0.2, -0.15) is 0 Å². The van der Waals surface area contributed by atoms with E-state index in [9.17, 15) is 9.59 Å². The molecule has 0 unspecified atom stereocenters. The average Bonchev–Trinajstić information content (AvgIpc) is 2.25. The predicted molar refractivity (Wildman–Crippen MR) is 52.2 cm³/mol. The molecule has 8 heteroatoms. The summed E-state index contributed by atoms with van der Waals surface area (Å²) in [7, 11) is 0. The molecule has 0 aromatic carbocycles. The highest BCUT2D eigenvalue weighted by Gasteiger charge is 1.94. The first-order chi connectivity index (χ1) is 8.13. The maximum Gasteiger partial charge on any atom is 0.304 e. The number of carbonyl (C=O) groups is 2. The highest BCUT2D eigenvalue weighted by atomic mass is 16.8. The Balaban J connectivity index is 2.98. The first-order valence-corrected chi connectivity index (χ1v) is 4.70. The minimum Gasteiger partial charge on any atom is -0.439 e. The second-order valence-corrected chi connectivity index (χ2v) is 2.68. The molecule has 0 aromatic rings. The Hall–Kier alpha value is -1.22. The minimum absolute atomic E-state index is 0.0554. The van der Waals surface area contributed by atoms with Gasteiger partial charge in [0.15, 0.2) is 34.0 Å². The van der Waals surface area contributed by atoms with Crippen molar-refractivity contribution < 1.29 is 38.0 Å². The first-order valence-electron chi connectivity index (χ1n) is 4.70. The number of rotatable bonds is 10. The lowest BCUT2D eigenvalue weighted by Gasteiger charge is -2.07. The van der Waals surface area contributed by atoms with Crippen molar-refractivity contribution in [3.8, 4) is 0 Å². The number of ether oxygens (including phenoxy) is 6. The van der Waals surface area contributed by atoms with Crippen molar-refractivity contribution in [2.24, 2.45) is 0 Å². The highest BCUT2D eigenvalue weighted by molar-refractivity contribution is 5.66. The molecule has 0 bridgehead atoms. The van der Waals surface area contributed by atoms with Crippen molar-refractivity contribution in [1.82, 2.24) is 0 Å². The van der Waals surface area contributed by atoms with Crippen molar-refractivity contribution in [1.29, 1.82) is 0 Å². The van der Waals surface area contributed by atoms with Gasteiger partial charge in [0.1, 0.15) is 0 Å². The Morgan fingerprint density at radius 3 is 1.24 bits per heavy atom. The second kappa shape index (κ2) is 11.3. The Labute approximate surface area is 98.7 Å². The molecule has 0 aliphatic rings. The standard InChI is InChI=1S/C9H16O8/c1-8(10)16-6-14-4-12-3-13-5-15-7-17-9(2)11/h3-7H2,1-2H3. The zero-order valence-electron chi connectivity index (χ0n) is 9.80. The molecule has 0 N–H and O–H groups in total. The van der Waals surface area contributed by atoms with E-state index < -0.39 is 11.9 Å². The summed E-state index contributed by atoms with van der Waals surface area (Å²) in [6, 6.07) is 0. The van der Waals surface area contributed by atoms with E-state index in [1.165, 1.54) is 13.8 Å². The average molecular weight is 252 g/mol. The van der Waals surface area contributed by atoms with E-state index in [4.69, 9.17) is 18.9 Å². The number of carbonyl (C=O) groups excluding carboxylic acids is 2. The highest BCUT2D eigenvalue weighted by Crippen LogP contribution is 1.85. The molecule has 0 aliphatic carbocycles. The summed E-state index contributed by atoms with van der Waals surface area (Å²) in [4.78, 5) is 20.6. The fraction of sp³-hybridized carbons (Fsp3) is 0.778. The number of hydrogen-bond acceptors (Lipinski definition) is 8. The van der Waals surface area contributed by atoms with Crippen LogP contribution in [0.2, 0.25) is 0 Å². The molecule has 0 atom stereocenters. The van der Waals surface area contributed by atoms with Crippen LogP contribution in [0.3, 0.4) is 0 Å². The van der Waals surface area contributed by atoms with Gasteiger partial charge in [0, 0.05) is 13.8 Å². The third kappa shape index (κ3) is 14.8. The smallest absolute Gasteiger partial charge is 0.304 e. The van der Waals surface area contributed by atoms with Crippen LogP contribution in [0.4, 0.5) is 0 Å². The van der Waals surface area contributed by atoms with Crippen LogP contribution in [-0.2, 0) is 38.0 Å². The molecule has 0 fully saturated rings. The fourth-order valence-corrected chi connectivity index (χ4v) is 0.562. The van der Waals surface area contributed by atoms with Crippen molar-refractivity contribution >= 4 is 11.9 Å². The lowest BCUT2D eigenvalue weighted by atomic mass is 10.8. The largest absolute Gasteiger partial charge is 0.439 e. The van der Waals surface area contributed by atoms with Gasteiger partial charge >= 0.3 is 11.9 Å². The van der Waals surface area contributed by atoms with Crippen LogP contribution < -0.4 is 0 Å². The number of hydrogen-bond donors (Lipinski definition) is 0. The molecule has 0 aliphatic heterocycles. The van der Waals surface area contributed by atoms with Crippen LogP contribution in [0.5, 0.6) is 0 Å². The topological polar surface area (TPSA) is 89.5 Å². The predicted octanol–water partition coefficient (Wildman–Crippen LogP) is -0.0335. The van der Waals surface area contributed by atoms with E-state index in [1.54, 1.807) is 0 Å². The van der Waals surface area contributed by atoms with Crippen LogP contribution in [0.15, 0.2) is 0 Å². The summed E-state index contributed by atoms with van der Waals surface area (Å²) in [5.74, 6) is -0.861. The van der Waals surface area contributed by atoms with Crippen molar-refractivity contribution in [2.45, 2.75) is 13.8 Å². The van der Waals surface area contributed by atoms with Crippen LogP contribution in [0, 0.1) is 0 Å². The second-order valence-electron chi connectivity index (χ2n) is 2.68. The summed E-state index contributed by atoms with van der Waals surface area (Å²) in [5.41, 5.74) is 0. The van der Waals surface area contributed by atoms with Gasteiger partial charge in [-0.25, -0.2) is 0 Å². The van der Waals surface area contributed by atoms with E-state index in [2.05, 4.69) is 9.47 Å². The molecule has 8 nitrogen and oxygen atoms in total. The molecule has 0 saturated carbocycles. The normalized spacial score (nSPS) is 10.0. The van der Waals surface area contributed by atoms with Gasteiger partial charge in [-0.15, -0.1) is 0 Å². The molecule has 0 heterocycles. The van der Waals surface area contributed by atoms with E-state index in [0.29, 0.717) is 0 Å². The zero-order chi connectivity index (χ0) is 12.9. The zero-order valence-corrected chi connectivity index (χ0v) is 9.80. The maximum absolute atomic E-state index is 10.3. The minimum atomic E-state index is -0.430. The molecule has 0 rings (SSSR count). The van der Waals surface area contributed by atoms with Crippen LogP contribution in [0.25, 0.3) is 0 Å². The lowest BCUT2D eigenvalue weighted by molar-refractivity contribution is -0.206. The third-order valence-electron chi connectivity index (χ3n) is 1.19. The van der Waals surface area contributed by atoms with Gasteiger partial charge in [-0.05, 0) is 0 Å². The molecular formula is C9H16O8. The van der Waals surface area contributed by atoms with Gasteiger partial charge in [0.2, 0.25) is 0 Å². The van der Waals surface area contributed by atoms with Gasteiger partial charge in [0.25, 0.3) is 0 Å². The SMILES string of the molecule is CC(=O)OCOCOCOCOCOC(C)=O. The van der Waals surface area contributed by atoms with E-state index >= 15 is 0 Å². The van der Waals surface area contributed by atoms with E-state index in [1.807, 2.05) is 0 Å². The van der Waals surface area contributed by atoms with E-state index in [0.717, 1.165) is 0 Å². The summed E-state index contributed by atoms with van der Waals surface area (Å²) in [6.45, 7) is 2.01. The van der Waals surface area contributed by atoms with Gasteiger partial charge in [-0.3, -0.25) is 9.59 Å². The lowest BCUT2D eigenvalue weighted by Crippen LogP contribution is -2.11. The number of esters is 2. The Morgan fingerprint density at radius 1 is 0.647 bits per heavy atom. The molecule has 0 amide bonds. The van der Waals surface area contributed by atoms with Crippen molar-refractivity contribution in [2.75, 3.05) is 34.0 Å². The van der Waals surface area contributed by atoms with Gasteiger partial charge < -0.3 is 28.4 Å². The Kier molecular flexibility index (Phi) is 10.5. The maximum atomic E-state index is 10.3. The molecule has 0 radical (unpaired) electrons. The van der Waals surface area contributed by atoms with Crippen molar-refractivity contribution in [3.63, 3.8) is 0 Å². The Bertz CT molecular complexity index is 195. The summed E-state index contributed by atoms with van der Waals surface area (Å²) in [5, 5.41) is 0. The quantitative estimate of drug-likeness (QED) is 0.304. The van der Waals surface area contributed by atoms with Crippen LogP contribution >= 0.6 is 0 Å². The Morgan fingerprint density at radius 2 is 0.941 bits per heavy atom. The monoisotopic (exact) mass is 252 g/mol. The van der Waals surface area contributed by atoms with E-state index in [-0.39, 0.29) is 34.0 Å². The summed E-state index contributed by atoms with van der Waals surface area (Å²) < 4.78 is 28.1. The van der Waals surface area contributed by atoms with Crippen molar-refractivity contribution in [3.05, 3.63) is 0 Å². The molecular weight excluding hydrogens is 236 g/mol. The van der Waals surface area contributed by atoms with Crippen LogP contribution in [0.1, 0.15) is 13.8 Å². The molecule has 0 spiro atoms. The first kappa shape index (κ1) is 15.8. The van der Waals surface area contributed by atoms with Gasteiger partial charge in [-0.1, -0.05) is 0 Å². The fourth-order valence-electron chi connectivity index (χ4n) is 0.562. The third-order valence-corrected chi connectivity index (χ3v) is 1.19. The molecule has 100 valence electrons. The molecule has 0 saturated heterocycles. The molecule has 17 heavy (non-hydrogen) atoms.